The van der Waals surface area contributed by atoms with Crippen molar-refractivity contribution in [1.29, 1.82) is 0 Å². The quantitative estimate of drug-likeness (QED) is 0.407. The Morgan fingerprint density at radius 3 is 2.59 bits per heavy atom. The Kier molecular flexibility index (Phi) is 6.47. The van der Waals surface area contributed by atoms with Crippen LogP contribution in [0.5, 0.6) is 0 Å². The molecule has 1 aromatic heterocycles. The van der Waals surface area contributed by atoms with Crippen molar-refractivity contribution in [3.63, 3.8) is 0 Å². The van der Waals surface area contributed by atoms with Crippen LogP contribution < -0.4 is 10.0 Å². The van der Waals surface area contributed by atoms with Gasteiger partial charge in [-0.2, -0.15) is 13.5 Å². The number of aromatic nitrogens is 2. The fourth-order valence-corrected chi connectivity index (χ4v) is 5.22. The summed E-state index contributed by atoms with van der Waals surface area (Å²) >= 11 is 6.65. The van der Waals surface area contributed by atoms with E-state index in [1.54, 1.807) is 36.4 Å². The summed E-state index contributed by atoms with van der Waals surface area (Å²) in [6, 6.07) is 16.1. The molecule has 0 saturated carbocycles. The number of carbonyl (C=O) groups excluding carboxylic acids is 1. The SMILES string of the molecule is O=C(Nc1ccc(Cl)cc1F)[C@H](Cc1ccccc1)NS(=O)(=O)c1cccc2nsnc12. The van der Waals surface area contributed by atoms with Gasteiger partial charge in [0.2, 0.25) is 15.9 Å². The molecule has 1 heterocycles. The second kappa shape index (κ2) is 9.29. The van der Waals surface area contributed by atoms with Crippen LogP contribution in [0.4, 0.5) is 10.1 Å². The van der Waals surface area contributed by atoms with Crippen molar-refractivity contribution < 1.29 is 17.6 Å². The highest BCUT2D eigenvalue weighted by Gasteiger charge is 2.28. The minimum absolute atomic E-state index is 0.0480. The maximum absolute atomic E-state index is 14.2. The van der Waals surface area contributed by atoms with Crippen molar-refractivity contribution >= 4 is 56.0 Å². The molecule has 3 aromatic carbocycles. The summed E-state index contributed by atoms with van der Waals surface area (Å²) in [5.41, 5.74) is 1.26. The zero-order valence-electron chi connectivity index (χ0n) is 16.3. The smallest absolute Gasteiger partial charge is 0.243 e. The molecule has 0 bridgehead atoms. The average molecular weight is 491 g/mol. The fraction of sp³-hybridized carbons (Fsp3) is 0.0952. The van der Waals surface area contributed by atoms with Crippen LogP contribution in [0, 0.1) is 5.82 Å². The normalized spacial score (nSPS) is 12.6. The molecule has 1 amide bonds. The van der Waals surface area contributed by atoms with Gasteiger partial charge in [0.25, 0.3) is 0 Å². The van der Waals surface area contributed by atoms with Crippen molar-refractivity contribution in [2.24, 2.45) is 0 Å². The first-order valence-corrected chi connectivity index (χ1v) is 12.0. The second-order valence-electron chi connectivity index (χ2n) is 6.87. The van der Waals surface area contributed by atoms with E-state index in [0.29, 0.717) is 5.52 Å². The summed E-state index contributed by atoms with van der Waals surface area (Å²) in [5.74, 6) is -1.45. The first-order chi connectivity index (χ1) is 15.3. The molecule has 11 heteroatoms. The lowest BCUT2D eigenvalue weighted by Gasteiger charge is -2.19. The van der Waals surface area contributed by atoms with Gasteiger partial charge < -0.3 is 5.32 Å². The average Bonchev–Trinajstić information content (AvgIpc) is 3.24. The zero-order chi connectivity index (χ0) is 22.7. The van der Waals surface area contributed by atoms with E-state index in [-0.39, 0.29) is 27.5 Å². The number of anilines is 1. The molecule has 0 aliphatic heterocycles. The predicted molar refractivity (Wildman–Crippen MR) is 122 cm³/mol. The second-order valence-corrected chi connectivity index (χ2v) is 9.51. The fourth-order valence-electron chi connectivity index (χ4n) is 3.10. The summed E-state index contributed by atoms with van der Waals surface area (Å²) in [7, 11) is -4.15. The van der Waals surface area contributed by atoms with Crippen LogP contribution in [-0.2, 0) is 21.2 Å². The number of amides is 1. The van der Waals surface area contributed by atoms with Crippen molar-refractivity contribution in [3.05, 3.63) is 83.1 Å². The Morgan fingerprint density at radius 2 is 1.84 bits per heavy atom. The monoisotopic (exact) mass is 490 g/mol. The first-order valence-electron chi connectivity index (χ1n) is 9.37. The number of rotatable bonds is 7. The molecule has 0 radical (unpaired) electrons. The first kappa shape index (κ1) is 22.3. The van der Waals surface area contributed by atoms with Crippen molar-refractivity contribution in [1.82, 2.24) is 13.5 Å². The van der Waals surface area contributed by atoms with Crippen LogP contribution in [0.2, 0.25) is 5.02 Å². The van der Waals surface area contributed by atoms with Crippen LogP contribution in [0.25, 0.3) is 11.0 Å². The Hall–Kier alpha value is -2.92. The molecule has 0 unspecified atom stereocenters. The number of carbonyl (C=O) groups is 1. The lowest BCUT2D eigenvalue weighted by atomic mass is 10.1. The number of nitrogens with zero attached hydrogens (tertiary/aromatic N) is 2. The van der Waals surface area contributed by atoms with E-state index in [2.05, 4.69) is 18.8 Å². The Balaban J connectivity index is 1.66. The topological polar surface area (TPSA) is 101 Å². The van der Waals surface area contributed by atoms with Crippen LogP contribution in [0.3, 0.4) is 0 Å². The number of halogens is 2. The van der Waals surface area contributed by atoms with Gasteiger partial charge in [-0.05, 0) is 42.3 Å². The van der Waals surface area contributed by atoms with Crippen molar-refractivity contribution in [2.75, 3.05) is 5.32 Å². The molecule has 0 aliphatic rings. The Bertz CT molecular complexity index is 1380. The third-order valence-electron chi connectivity index (χ3n) is 4.62. The minimum Gasteiger partial charge on any atom is -0.322 e. The van der Waals surface area contributed by atoms with Gasteiger partial charge in [-0.25, -0.2) is 12.8 Å². The summed E-state index contributed by atoms with van der Waals surface area (Å²) < 4.78 is 51.1. The van der Waals surface area contributed by atoms with Gasteiger partial charge in [0.1, 0.15) is 27.8 Å². The molecule has 4 rings (SSSR count). The zero-order valence-corrected chi connectivity index (χ0v) is 18.7. The van der Waals surface area contributed by atoms with Crippen LogP contribution in [-0.4, -0.2) is 29.1 Å². The Morgan fingerprint density at radius 1 is 1.06 bits per heavy atom. The standard InChI is InChI=1S/C21H16ClFN4O3S2/c22-14-9-10-16(15(23)12-14)24-21(28)18(11-13-5-2-1-3-6-13)27-32(29,30)19-8-4-7-17-20(19)26-31-25-17/h1-10,12,18,27H,11H2,(H,24,28)/t18-/m0/s1. The van der Waals surface area contributed by atoms with E-state index in [9.17, 15) is 17.6 Å². The van der Waals surface area contributed by atoms with Crippen molar-refractivity contribution in [3.8, 4) is 0 Å². The van der Waals surface area contributed by atoms with E-state index >= 15 is 0 Å². The molecule has 0 saturated heterocycles. The maximum atomic E-state index is 14.2. The maximum Gasteiger partial charge on any atom is 0.243 e. The van der Waals surface area contributed by atoms with E-state index in [4.69, 9.17) is 11.6 Å². The number of sulfonamides is 1. The van der Waals surface area contributed by atoms with Crippen LogP contribution in [0.1, 0.15) is 5.56 Å². The molecule has 32 heavy (non-hydrogen) atoms. The van der Waals surface area contributed by atoms with E-state index in [1.165, 1.54) is 18.2 Å². The minimum atomic E-state index is -4.15. The molecular weight excluding hydrogens is 475 g/mol. The third-order valence-corrected chi connectivity index (χ3v) is 6.91. The highest BCUT2D eigenvalue weighted by molar-refractivity contribution is 7.89. The molecule has 0 spiro atoms. The summed E-state index contributed by atoms with van der Waals surface area (Å²) in [5, 5.41) is 2.61. The molecule has 0 fully saturated rings. The van der Waals surface area contributed by atoms with Crippen LogP contribution in [0.15, 0.2) is 71.6 Å². The number of fused-ring (bicyclic) bond motifs is 1. The number of benzene rings is 3. The number of nitrogens with one attached hydrogen (secondary N) is 2. The lowest BCUT2D eigenvalue weighted by molar-refractivity contribution is -0.117. The van der Waals surface area contributed by atoms with E-state index in [1.807, 2.05) is 6.07 Å². The summed E-state index contributed by atoms with van der Waals surface area (Å²) in [6.45, 7) is 0. The molecule has 7 nitrogen and oxygen atoms in total. The van der Waals surface area contributed by atoms with Gasteiger partial charge in [0, 0.05) is 5.02 Å². The highest BCUT2D eigenvalue weighted by Crippen LogP contribution is 2.23. The highest BCUT2D eigenvalue weighted by atomic mass is 35.5. The predicted octanol–water partition coefficient (Wildman–Crippen LogP) is 4.01. The summed E-state index contributed by atoms with van der Waals surface area (Å²) in [6.07, 6.45) is 0.0480. The van der Waals surface area contributed by atoms with Gasteiger partial charge in [-0.3, -0.25) is 4.79 Å². The molecule has 1 atom stereocenters. The number of hydrogen-bond acceptors (Lipinski definition) is 6. The van der Waals surface area contributed by atoms with Crippen LogP contribution >= 0.6 is 23.3 Å². The van der Waals surface area contributed by atoms with E-state index < -0.39 is 27.8 Å². The van der Waals surface area contributed by atoms with E-state index in [0.717, 1.165) is 23.4 Å². The molecule has 4 aromatic rings. The molecule has 2 N–H and O–H groups in total. The van der Waals surface area contributed by atoms with Gasteiger partial charge in [0.05, 0.1) is 17.4 Å². The van der Waals surface area contributed by atoms with Gasteiger partial charge >= 0.3 is 0 Å². The molecule has 164 valence electrons. The third kappa shape index (κ3) is 4.94. The van der Waals surface area contributed by atoms with Gasteiger partial charge in [-0.1, -0.05) is 48.0 Å². The number of hydrogen-bond donors (Lipinski definition) is 2. The molecule has 0 aliphatic carbocycles. The summed E-state index contributed by atoms with van der Waals surface area (Å²) in [4.78, 5) is 12.9. The lowest BCUT2D eigenvalue weighted by Crippen LogP contribution is -2.45. The van der Waals surface area contributed by atoms with Gasteiger partial charge in [0.15, 0.2) is 0 Å². The largest absolute Gasteiger partial charge is 0.322 e. The van der Waals surface area contributed by atoms with Crippen molar-refractivity contribution in [2.45, 2.75) is 17.4 Å². The Labute approximate surface area is 192 Å². The van der Waals surface area contributed by atoms with Gasteiger partial charge in [-0.15, -0.1) is 0 Å². The molecular formula is C21H16ClFN4O3S2.